The standard InChI is InChI=1S/C11H15NO3/c13-5-4-11(2-3-11)8-12-10(14)9-1-6-15-7-9/h1,6-7,13H,2-5,8H2,(H,12,14). The van der Waals surface area contributed by atoms with Crippen molar-refractivity contribution in [3.8, 4) is 0 Å². The number of carbonyl (C=O) groups excluding carboxylic acids is 1. The van der Waals surface area contributed by atoms with Gasteiger partial charge in [0.05, 0.1) is 11.8 Å². The quantitative estimate of drug-likeness (QED) is 0.765. The Labute approximate surface area is 88.3 Å². The fourth-order valence-corrected chi connectivity index (χ4v) is 1.69. The summed E-state index contributed by atoms with van der Waals surface area (Å²) in [5.74, 6) is -0.104. The Bertz CT molecular complexity index is 328. The van der Waals surface area contributed by atoms with E-state index in [1.807, 2.05) is 0 Å². The van der Waals surface area contributed by atoms with Crippen LogP contribution in [0.1, 0.15) is 29.6 Å². The van der Waals surface area contributed by atoms with E-state index in [0.717, 1.165) is 19.3 Å². The smallest absolute Gasteiger partial charge is 0.254 e. The molecule has 0 radical (unpaired) electrons. The number of furan rings is 1. The number of hydrogen-bond acceptors (Lipinski definition) is 3. The highest BCUT2D eigenvalue weighted by molar-refractivity contribution is 5.93. The first-order valence-corrected chi connectivity index (χ1v) is 5.17. The molecule has 1 aromatic rings. The third kappa shape index (κ3) is 2.39. The Hall–Kier alpha value is -1.29. The number of carbonyl (C=O) groups is 1. The first-order valence-electron chi connectivity index (χ1n) is 5.17. The van der Waals surface area contributed by atoms with Gasteiger partial charge in [0, 0.05) is 13.2 Å². The molecule has 0 aliphatic heterocycles. The highest BCUT2D eigenvalue weighted by atomic mass is 16.3. The fraction of sp³-hybridized carbons (Fsp3) is 0.545. The van der Waals surface area contributed by atoms with E-state index in [2.05, 4.69) is 5.32 Å². The molecule has 0 aromatic carbocycles. The van der Waals surface area contributed by atoms with Crippen molar-refractivity contribution in [3.05, 3.63) is 24.2 Å². The molecule has 1 aromatic heterocycles. The minimum absolute atomic E-state index is 0.104. The monoisotopic (exact) mass is 209 g/mol. The predicted octanol–water partition coefficient (Wildman–Crippen LogP) is 1.17. The molecule has 2 rings (SSSR count). The molecule has 1 aliphatic rings. The summed E-state index contributed by atoms with van der Waals surface area (Å²) in [6.45, 7) is 0.846. The zero-order valence-electron chi connectivity index (χ0n) is 8.53. The van der Waals surface area contributed by atoms with Gasteiger partial charge in [-0.3, -0.25) is 4.79 Å². The maximum absolute atomic E-state index is 11.6. The molecule has 4 heteroatoms. The second-order valence-corrected chi connectivity index (χ2v) is 4.17. The van der Waals surface area contributed by atoms with Gasteiger partial charge in [-0.15, -0.1) is 0 Å². The second kappa shape index (κ2) is 4.06. The second-order valence-electron chi connectivity index (χ2n) is 4.17. The topological polar surface area (TPSA) is 62.5 Å². The van der Waals surface area contributed by atoms with Crippen LogP contribution in [0.3, 0.4) is 0 Å². The lowest BCUT2D eigenvalue weighted by atomic mass is 10.0. The van der Waals surface area contributed by atoms with Gasteiger partial charge >= 0.3 is 0 Å². The maximum atomic E-state index is 11.6. The van der Waals surface area contributed by atoms with Crippen LogP contribution in [0.25, 0.3) is 0 Å². The lowest BCUT2D eigenvalue weighted by molar-refractivity contribution is 0.0940. The van der Waals surface area contributed by atoms with Crippen molar-refractivity contribution in [3.63, 3.8) is 0 Å². The van der Waals surface area contributed by atoms with Crippen molar-refractivity contribution in [1.82, 2.24) is 5.32 Å². The predicted molar refractivity (Wildman–Crippen MR) is 54.4 cm³/mol. The van der Waals surface area contributed by atoms with Crippen molar-refractivity contribution in [2.75, 3.05) is 13.2 Å². The van der Waals surface area contributed by atoms with Crippen LogP contribution >= 0.6 is 0 Å². The van der Waals surface area contributed by atoms with Gasteiger partial charge in [-0.2, -0.15) is 0 Å². The summed E-state index contributed by atoms with van der Waals surface area (Å²) in [7, 11) is 0. The average molecular weight is 209 g/mol. The lowest BCUT2D eigenvalue weighted by Crippen LogP contribution is -2.30. The first kappa shape index (κ1) is 10.2. The van der Waals surface area contributed by atoms with E-state index in [9.17, 15) is 4.79 Å². The van der Waals surface area contributed by atoms with Crippen molar-refractivity contribution in [1.29, 1.82) is 0 Å². The van der Waals surface area contributed by atoms with E-state index in [1.165, 1.54) is 12.5 Å². The highest BCUT2D eigenvalue weighted by Crippen LogP contribution is 2.47. The maximum Gasteiger partial charge on any atom is 0.254 e. The van der Waals surface area contributed by atoms with Crippen LogP contribution in [-0.4, -0.2) is 24.2 Å². The molecule has 0 saturated heterocycles. The fourth-order valence-electron chi connectivity index (χ4n) is 1.69. The molecule has 1 heterocycles. The third-order valence-corrected chi connectivity index (χ3v) is 3.01. The molecule has 82 valence electrons. The van der Waals surface area contributed by atoms with Gasteiger partial charge in [-0.05, 0) is 30.7 Å². The van der Waals surface area contributed by atoms with Crippen LogP contribution in [0, 0.1) is 5.41 Å². The van der Waals surface area contributed by atoms with Gasteiger partial charge < -0.3 is 14.8 Å². The van der Waals surface area contributed by atoms with Crippen LogP contribution in [-0.2, 0) is 0 Å². The summed E-state index contributed by atoms with van der Waals surface area (Å²) < 4.78 is 4.83. The van der Waals surface area contributed by atoms with Crippen molar-refractivity contribution in [2.24, 2.45) is 5.41 Å². The van der Waals surface area contributed by atoms with E-state index in [-0.39, 0.29) is 17.9 Å². The Kier molecular flexibility index (Phi) is 2.77. The highest BCUT2D eigenvalue weighted by Gasteiger charge is 2.41. The number of amides is 1. The number of rotatable bonds is 5. The summed E-state index contributed by atoms with van der Waals surface area (Å²) >= 11 is 0. The molecule has 0 bridgehead atoms. The van der Waals surface area contributed by atoms with E-state index in [4.69, 9.17) is 9.52 Å². The molecule has 0 atom stereocenters. The molecule has 15 heavy (non-hydrogen) atoms. The third-order valence-electron chi connectivity index (χ3n) is 3.01. The molecule has 1 aliphatic carbocycles. The van der Waals surface area contributed by atoms with E-state index in [1.54, 1.807) is 6.07 Å². The largest absolute Gasteiger partial charge is 0.472 e. The molecule has 2 N–H and O–H groups in total. The van der Waals surface area contributed by atoms with E-state index < -0.39 is 0 Å². The van der Waals surface area contributed by atoms with Gasteiger partial charge in [0.15, 0.2) is 0 Å². The van der Waals surface area contributed by atoms with Gasteiger partial charge in [-0.25, -0.2) is 0 Å². The molecule has 0 unspecified atom stereocenters. The van der Waals surface area contributed by atoms with Crippen LogP contribution in [0.5, 0.6) is 0 Å². The average Bonchev–Trinajstić information content (AvgIpc) is 2.81. The summed E-state index contributed by atoms with van der Waals surface area (Å²) in [5.41, 5.74) is 0.712. The molecular formula is C11H15NO3. The van der Waals surface area contributed by atoms with Gasteiger partial charge in [0.25, 0.3) is 5.91 Å². The molecule has 4 nitrogen and oxygen atoms in total. The zero-order chi connectivity index (χ0) is 10.7. The Morgan fingerprint density at radius 3 is 2.93 bits per heavy atom. The number of nitrogens with one attached hydrogen (secondary N) is 1. The normalized spacial score (nSPS) is 17.4. The molecule has 1 saturated carbocycles. The molecule has 1 amide bonds. The minimum Gasteiger partial charge on any atom is -0.472 e. The van der Waals surface area contributed by atoms with Crippen LogP contribution in [0.15, 0.2) is 23.0 Å². The number of aliphatic hydroxyl groups excluding tert-OH is 1. The SMILES string of the molecule is O=C(NCC1(CCO)CC1)c1ccoc1. The Morgan fingerprint density at radius 2 is 2.40 bits per heavy atom. The van der Waals surface area contributed by atoms with Crippen LogP contribution in [0.2, 0.25) is 0 Å². The first-order chi connectivity index (χ1) is 7.26. The molecule has 0 spiro atoms. The Balaban J connectivity index is 1.81. The van der Waals surface area contributed by atoms with E-state index in [0.29, 0.717) is 12.1 Å². The van der Waals surface area contributed by atoms with Crippen LogP contribution in [0.4, 0.5) is 0 Å². The lowest BCUT2D eigenvalue weighted by Gasteiger charge is -2.13. The van der Waals surface area contributed by atoms with Crippen molar-refractivity contribution < 1.29 is 14.3 Å². The van der Waals surface area contributed by atoms with E-state index >= 15 is 0 Å². The van der Waals surface area contributed by atoms with Gasteiger partial charge in [-0.1, -0.05) is 0 Å². The van der Waals surface area contributed by atoms with Crippen molar-refractivity contribution in [2.45, 2.75) is 19.3 Å². The summed E-state index contributed by atoms with van der Waals surface area (Å²) in [5, 5.41) is 11.7. The Morgan fingerprint density at radius 1 is 1.60 bits per heavy atom. The molecular weight excluding hydrogens is 194 g/mol. The zero-order valence-corrected chi connectivity index (χ0v) is 8.53. The molecule has 1 fully saturated rings. The van der Waals surface area contributed by atoms with Crippen molar-refractivity contribution >= 4 is 5.91 Å². The summed E-state index contributed by atoms with van der Waals surface area (Å²) in [4.78, 5) is 11.6. The van der Waals surface area contributed by atoms with Crippen LogP contribution < -0.4 is 5.32 Å². The number of aliphatic hydroxyl groups is 1. The number of hydrogen-bond donors (Lipinski definition) is 2. The summed E-state index contributed by atoms with van der Waals surface area (Å²) in [6, 6.07) is 1.64. The van der Waals surface area contributed by atoms with Gasteiger partial charge in [0.1, 0.15) is 6.26 Å². The summed E-state index contributed by atoms with van der Waals surface area (Å²) in [6.07, 6.45) is 5.88. The minimum atomic E-state index is -0.104. The van der Waals surface area contributed by atoms with Gasteiger partial charge in [0.2, 0.25) is 0 Å².